The van der Waals surface area contributed by atoms with E-state index < -0.39 is 0 Å². The number of carbonyl (C=O) groups is 1. The summed E-state index contributed by atoms with van der Waals surface area (Å²) in [5.74, 6) is 0.583. The van der Waals surface area contributed by atoms with Gasteiger partial charge in [0.2, 0.25) is 5.88 Å². The first-order valence-corrected chi connectivity index (χ1v) is 10.3. The summed E-state index contributed by atoms with van der Waals surface area (Å²) in [6, 6.07) is 9.39. The Morgan fingerprint density at radius 2 is 2.03 bits per heavy atom. The van der Waals surface area contributed by atoms with Crippen LogP contribution in [-0.2, 0) is 20.5 Å². The van der Waals surface area contributed by atoms with Crippen LogP contribution in [0.1, 0.15) is 34.6 Å². The van der Waals surface area contributed by atoms with Crippen molar-refractivity contribution < 1.29 is 9.53 Å². The lowest BCUT2D eigenvalue weighted by Crippen LogP contribution is -2.38. The molecule has 1 atom stereocenters. The van der Waals surface area contributed by atoms with Gasteiger partial charge in [-0.15, -0.1) is 5.10 Å². The Kier molecular flexibility index (Phi) is 4.50. The lowest BCUT2D eigenvalue weighted by Gasteiger charge is -2.33. The van der Waals surface area contributed by atoms with Gasteiger partial charge in [0.05, 0.1) is 35.6 Å². The Morgan fingerprint density at radius 3 is 2.84 bits per heavy atom. The number of methoxy groups -OCH3 is 1. The van der Waals surface area contributed by atoms with Crippen LogP contribution in [0.5, 0.6) is 5.88 Å². The van der Waals surface area contributed by atoms with Gasteiger partial charge >= 0.3 is 0 Å². The highest BCUT2D eigenvalue weighted by Gasteiger charge is 2.34. The molecule has 1 amide bonds. The minimum absolute atomic E-state index is 0.00932. The Morgan fingerprint density at radius 1 is 1.19 bits per heavy atom. The molecule has 4 heterocycles. The maximum atomic E-state index is 13.4. The van der Waals surface area contributed by atoms with Crippen molar-refractivity contribution in [1.29, 1.82) is 0 Å². The molecule has 0 radical (unpaired) electrons. The van der Waals surface area contributed by atoms with Crippen molar-refractivity contribution in [3.63, 3.8) is 0 Å². The largest absolute Gasteiger partial charge is 0.479 e. The molecule has 158 valence electrons. The van der Waals surface area contributed by atoms with Crippen LogP contribution in [0.25, 0.3) is 22.2 Å². The first kappa shape index (κ1) is 19.3. The van der Waals surface area contributed by atoms with Crippen molar-refractivity contribution in [2.45, 2.75) is 19.4 Å². The third kappa shape index (κ3) is 3.06. The molecular formula is C23H24N6O2. The Labute approximate surface area is 180 Å². The molecule has 0 saturated heterocycles. The average molecular weight is 416 g/mol. The number of carbonyl (C=O) groups excluding carboxylic acids is 1. The molecule has 4 aromatic rings. The predicted octanol–water partition coefficient (Wildman–Crippen LogP) is 3.14. The molecule has 0 aliphatic carbocycles. The molecule has 1 aromatic carbocycles. The molecule has 1 aliphatic heterocycles. The van der Waals surface area contributed by atoms with Gasteiger partial charge in [0.15, 0.2) is 0 Å². The van der Waals surface area contributed by atoms with Crippen molar-refractivity contribution >= 4 is 16.8 Å². The summed E-state index contributed by atoms with van der Waals surface area (Å²) in [5.41, 5.74) is 5.53. The van der Waals surface area contributed by atoms with Gasteiger partial charge < -0.3 is 9.64 Å². The highest BCUT2D eigenvalue weighted by atomic mass is 16.5. The van der Waals surface area contributed by atoms with Gasteiger partial charge in [-0.3, -0.25) is 19.1 Å². The van der Waals surface area contributed by atoms with Crippen LogP contribution < -0.4 is 4.74 Å². The molecule has 5 rings (SSSR count). The second kappa shape index (κ2) is 7.23. The van der Waals surface area contributed by atoms with Crippen molar-refractivity contribution in [3.8, 4) is 17.1 Å². The summed E-state index contributed by atoms with van der Waals surface area (Å²) in [7, 11) is 5.42. The number of pyridine rings is 1. The molecule has 8 heteroatoms. The number of ether oxygens (including phenoxy) is 1. The van der Waals surface area contributed by atoms with Crippen molar-refractivity contribution in [3.05, 3.63) is 59.5 Å². The molecule has 0 N–H and O–H groups in total. The fourth-order valence-electron chi connectivity index (χ4n) is 4.51. The van der Waals surface area contributed by atoms with E-state index in [1.807, 2.05) is 67.1 Å². The maximum Gasteiger partial charge on any atom is 0.254 e. The quantitative estimate of drug-likeness (QED) is 0.513. The van der Waals surface area contributed by atoms with E-state index in [0.29, 0.717) is 18.0 Å². The van der Waals surface area contributed by atoms with E-state index in [1.54, 1.807) is 18.0 Å². The molecule has 0 bridgehead atoms. The zero-order valence-electron chi connectivity index (χ0n) is 18.0. The van der Waals surface area contributed by atoms with Gasteiger partial charge in [0.25, 0.3) is 5.91 Å². The van der Waals surface area contributed by atoms with Gasteiger partial charge in [-0.25, -0.2) is 0 Å². The zero-order chi connectivity index (χ0) is 21.7. The predicted molar refractivity (Wildman–Crippen MR) is 117 cm³/mol. The third-order valence-electron chi connectivity index (χ3n) is 6.00. The van der Waals surface area contributed by atoms with E-state index in [-0.39, 0.29) is 11.9 Å². The molecule has 31 heavy (non-hydrogen) atoms. The fraction of sp³-hybridized carbons (Fsp3) is 0.304. The third-order valence-corrected chi connectivity index (χ3v) is 6.00. The average Bonchev–Trinajstić information content (AvgIpc) is 3.31. The second-order valence-corrected chi connectivity index (χ2v) is 7.90. The normalized spacial score (nSPS) is 15.9. The topological polar surface area (TPSA) is 78.1 Å². The zero-order valence-corrected chi connectivity index (χ0v) is 18.0. The van der Waals surface area contributed by atoms with Crippen LogP contribution in [0.2, 0.25) is 0 Å². The number of nitrogens with zero attached hydrogens (tertiary/aromatic N) is 6. The van der Waals surface area contributed by atoms with Crippen molar-refractivity contribution in [2.24, 2.45) is 14.1 Å². The van der Waals surface area contributed by atoms with Crippen LogP contribution in [0, 0.1) is 0 Å². The summed E-state index contributed by atoms with van der Waals surface area (Å²) in [4.78, 5) is 19.6. The minimum Gasteiger partial charge on any atom is -0.479 e. The van der Waals surface area contributed by atoms with Gasteiger partial charge in [-0.2, -0.15) is 5.10 Å². The summed E-state index contributed by atoms with van der Waals surface area (Å²) in [6.07, 6.45) is 4.43. The number of hydrogen-bond donors (Lipinski definition) is 0. The Balaban J connectivity index is 1.50. The van der Waals surface area contributed by atoms with Crippen LogP contribution >= 0.6 is 0 Å². The summed E-state index contributed by atoms with van der Waals surface area (Å²) in [6.45, 7) is 2.66. The molecule has 1 aliphatic rings. The van der Waals surface area contributed by atoms with Gasteiger partial charge in [0, 0.05) is 49.5 Å². The SMILES string of the molecule is COc1nn(C)cc1-c1c2c(nn1C)[C@H](C)N(C(=O)c1ccc3ncccc3c1)CC2. The van der Waals surface area contributed by atoms with Gasteiger partial charge in [0.1, 0.15) is 0 Å². The summed E-state index contributed by atoms with van der Waals surface area (Å²) in [5, 5.41) is 10.1. The molecule has 0 unspecified atom stereocenters. The van der Waals surface area contributed by atoms with E-state index in [9.17, 15) is 4.79 Å². The van der Waals surface area contributed by atoms with Crippen LogP contribution in [0.3, 0.4) is 0 Å². The van der Waals surface area contributed by atoms with E-state index >= 15 is 0 Å². The van der Waals surface area contributed by atoms with Crippen LogP contribution in [0.4, 0.5) is 0 Å². The molecule has 0 saturated carbocycles. The van der Waals surface area contributed by atoms with Crippen molar-refractivity contribution in [2.75, 3.05) is 13.7 Å². The number of aryl methyl sites for hydroxylation is 2. The lowest BCUT2D eigenvalue weighted by molar-refractivity contribution is 0.0674. The minimum atomic E-state index is -0.136. The molecule has 0 fully saturated rings. The summed E-state index contributed by atoms with van der Waals surface area (Å²) < 4.78 is 9.08. The highest BCUT2D eigenvalue weighted by Crippen LogP contribution is 2.38. The first-order chi connectivity index (χ1) is 15.0. The monoisotopic (exact) mass is 416 g/mol. The van der Waals surface area contributed by atoms with Gasteiger partial charge in [-0.05, 0) is 37.6 Å². The molecule has 0 spiro atoms. The standard InChI is InChI=1S/C23H24N6O2/c1-14-20-17(21(28(3)25-20)18-13-27(2)26-22(18)31-4)9-11-29(14)23(30)16-7-8-19-15(12-16)6-5-10-24-19/h5-8,10,12-14H,9,11H2,1-4H3/t14-/m0/s1. The fourth-order valence-corrected chi connectivity index (χ4v) is 4.51. The number of aromatic nitrogens is 5. The number of benzene rings is 1. The summed E-state index contributed by atoms with van der Waals surface area (Å²) >= 11 is 0. The number of rotatable bonds is 3. The highest BCUT2D eigenvalue weighted by molar-refractivity contribution is 5.98. The van der Waals surface area contributed by atoms with E-state index in [4.69, 9.17) is 9.84 Å². The number of hydrogen-bond acceptors (Lipinski definition) is 5. The Hall–Kier alpha value is -3.68. The number of fused-ring (bicyclic) bond motifs is 2. The lowest BCUT2D eigenvalue weighted by atomic mass is 9.95. The smallest absolute Gasteiger partial charge is 0.254 e. The Bertz CT molecular complexity index is 1300. The second-order valence-electron chi connectivity index (χ2n) is 7.90. The maximum absolute atomic E-state index is 13.4. The van der Waals surface area contributed by atoms with Crippen LogP contribution in [-0.4, -0.2) is 49.0 Å². The molecule has 3 aromatic heterocycles. The number of amides is 1. The van der Waals surface area contributed by atoms with Gasteiger partial charge in [-0.1, -0.05) is 6.07 Å². The van der Waals surface area contributed by atoms with E-state index in [2.05, 4.69) is 10.1 Å². The molecule has 8 nitrogen and oxygen atoms in total. The molecular weight excluding hydrogens is 392 g/mol. The first-order valence-electron chi connectivity index (χ1n) is 10.3. The van der Waals surface area contributed by atoms with E-state index in [1.165, 1.54) is 0 Å². The van der Waals surface area contributed by atoms with Crippen LogP contribution in [0.15, 0.2) is 42.7 Å². The van der Waals surface area contributed by atoms with E-state index in [0.717, 1.165) is 39.8 Å². The van der Waals surface area contributed by atoms with Crippen molar-refractivity contribution in [1.82, 2.24) is 29.4 Å².